The first-order chi connectivity index (χ1) is 18.1. The van der Waals surface area contributed by atoms with Crippen molar-refractivity contribution in [3.05, 3.63) is 59.2 Å². The predicted molar refractivity (Wildman–Crippen MR) is 156 cm³/mol. The van der Waals surface area contributed by atoms with Gasteiger partial charge in [0.15, 0.2) is 11.6 Å². The number of hydrogen-bond acceptors (Lipinski definition) is 0. The van der Waals surface area contributed by atoms with Crippen LogP contribution >= 0.6 is 0 Å². The van der Waals surface area contributed by atoms with E-state index in [4.69, 9.17) is 0 Å². The normalized spacial score (nSPS) is 17.8. The maximum atomic E-state index is 15.0. The average Bonchev–Trinajstić information content (AvgIpc) is 2.92. The molecule has 206 valence electrons. The summed E-state index contributed by atoms with van der Waals surface area (Å²) in [5, 5.41) is 0. The molecule has 0 saturated heterocycles. The summed E-state index contributed by atoms with van der Waals surface area (Å²) in [6.07, 6.45) is 23.8. The summed E-state index contributed by atoms with van der Waals surface area (Å²) in [4.78, 5) is 0. The molecule has 0 aliphatic heterocycles. The molecule has 0 spiro atoms. The molecule has 0 bridgehead atoms. The second-order valence-electron chi connectivity index (χ2n) is 11.7. The van der Waals surface area contributed by atoms with Crippen LogP contribution in [0.5, 0.6) is 0 Å². The molecule has 0 nitrogen and oxygen atoms in total. The SMILES string of the molecule is CCCCCCCCCCc1ccc(-c2ccc(CCC3CCC(CCCCC)CC3)c(F)c2F)cc1. The first-order valence-electron chi connectivity index (χ1n) is 15.7. The summed E-state index contributed by atoms with van der Waals surface area (Å²) in [7, 11) is 0. The van der Waals surface area contributed by atoms with E-state index in [1.165, 1.54) is 108 Å². The van der Waals surface area contributed by atoms with Crippen LogP contribution in [0, 0.1) is 23.5 Å². The van der Waals surface area contributed by atoms with E-state index in [1.54, 1.807) is 6.07 Å². The number of rotatable bonds is 17. The molecule has 0 radical (unpaired) electrons. The summed E-state index contributed by atoms with van der Waals surface area (Å²) in [6, 6.07) is 11.7. The zero-order valence-electron chi connectivity index (χ0n) is 23.8. The Hall–Kier alpha value is -1.70. The standard InChI is InChI=1S/C35H52F2/c1-3-5-7-8-9-10-11-13-15-29-20-23-31(24-21-29)33-27-26-32(34(36)35(33)37)25-22-30-18-16-28(17-19-30)14-12-6-4-2/h20-21,23-24,26-28,30H,3-19,22,25H2,1-2H3. The lowest BCUT2D eigenvalue weighted by Crippen LogP contribution is -2.15. The van der Waals surface area contributed by atoms with Gasteiger partial charge < -0.3 is 0 Å². The Morgan fingerprint density at radius 1 is 0.568 bits per heavy atom. The van der Waals surface area contributed by atoms with Crippen LogP contribution in [-0.2, 0) is 12.8 Å². The molecule has 1 aliphatic rings. The molecule has 0 aromatic heterocycles. The maximum Gasteiger partial charge on any atom is 0.166 e. The number of benzene rings is 2. The van der Waals surface area contributed by atoms with Crippen LogP contribution in [0.1, 0.15) is 134 Å². The van der Waals surface area contributed by atoms with Crippen molar-refractivity contribution in [1.82, 2.24) is 0 Å². The highest BCUT2D eigenvalue weighted by molar-refractivity contribution is 5.65. The molecule has 0 N–H and O–H groups in total. The quantitative estimate of drug-likeness (QED) is 0.186. The van der Waals surface area contributed by atoms with Gasteiger partial charge in [-0.1, -0.05) is 147 Å². The average molecular weight is 511 g/mol. The molecular weight excluding hydrogens is 458 g/mol. The van der Waals surface area contributed by atoms with E-state index in [1.807, 2.05) is 18.2 Å². The van der Waals surface area contributed by atoms with Crippen molar-refractivity contribution in [2.45, 2.75) is 136 Å². The molecule has 0 atom stereocenters. The second kappa shape index (κ2) is 17.0. The zero-order chi connectivity index (χ0) is 26.3. The van der Waals surface area contributed by atoms with Gasteiger partial charge in [-0.2, -0.15) is 0 Å². The Morgan fingerprint density at radius 3 is 1.78 bits per heavy atom. The lowest BCUT2D eigenvalue weighted by molar-refractivity contribution is 0.248. The van der Waals surface area contributed by atoms with E-state index < -0.39 is 11.6 Å². The Morgan fingerprint density at radius 2 is 1.14 bits per heavy atom. The fraction of sp³-hybridized carbons (Fsp3) is 0.657. The predicted octanol–water partition coefficient (Wildman–Crippen LogP) is 11.6. The van der Waals surface area contributed by atoms with E-state index in [0.717, 1.165) is 24.3 Å². The Kier molecular flexibility index (Phi) is 13.7. The fourth-order valence-corrected chi connectivity index (χ4v) is 6.17. The zero-order valence-corrected chi connectivity index (χ0v) is 23.8. The lowest BCUT2D eigenvalue weighted by Gasteiger charge is -2.28. The minimum atomic E-state index is -0.687. The molecule has 0 amide bonds. The van der Waals surface area contributed by atoms with Crippen LogP contribution < -0.4 is 0 Å². The van der Waals surface area contributed by atoms with E-state index in [0.29, 0.717) is 23.5 Å². The van der Waals surface area contributed by atoms with Gasteiger partial charge in [-0.15, -0.1) is 0 Å². The molecule has 2 aromatic rings. The minimum absolute atomic E-state index is 0.382. The number of aryl methyl sites for hydroxylation is 2. The highest BCUT2D eigenvalue weighted by Gasteiger charge is 2.22. The van der Waals surface area contributed by atoms with E-state index in [2.05, 4.69) is 26.0 Å². The second-order valence-corrected chi connectivity index (χ2v) is 11.7. The topological polar surface area (TPSA) is 0 Å². The molecule has 2 aromatic carbocycles. The van der Waals surface area contributed by atoms with Crippen molar-refractivity contribution >= 4 is 0 Å². The third kappa shape index (κ3) is 10.2. The highest BCUT2D eigenvalue weighted by Crippen LogP contribution is 2.35. The van der Waals surface area contributed by atoms with Gasteiger partial charge in [0.05, 0.1) is 0 Å². The lowest BCUT2D eigenvalue weighted by atomic mass is 9.77. The summed E-state index contributed by atoms with van der Waals surface area (Å²) in [6.45, 7) is 4.52. The molecule has 0 unspecified atom stereocenters. The molecule has 37 heavy (non-hydrogen) atoms. The molecule has 1 fully saturated rings. The molecule has 1 saturated carbocycles. The first-order valence-corrected chi connectivity index (χ1v) is 15.7. The Bertz CT molecular complexity index is 877. The largest absolute Gasteiger partial charge is 0.203 e. The number of unbranched alkanes of at least 4 members (excludes halogenated alkanes) is 9. The summed E-state index contributed by atoms with van der Waals surface area (Å²) in [5.74, 6) is 0.225. The third-order valence-electron chi connectivity index (χ3n) is 8.75. The molecule has 1 aliphatic carbocycles. The minimum Gasteiger partial charge on any atom is -0.203 e. The number of hydrogen-bond donors (Lipinski definition) is 0. The summed E-state index contributed by atoms with van der Waals surface area (Å²) < 4.78 is 30.0. The van der Waals surface area contributed by atoms with Crippen molar-refractivity contribution in [1.29, 1.82) is 0 Å². The summed E-state index contributed by atoms with van der Waals surface area (Å²) >= 11 is 0. The first kappa shape index (κ1) is 29.9. The van der Waals surface area contributed by atoms with E-state index >= 15 is 4.39 Å². The van der Waals surface area contributed by atoms with Gasteiger partial charge in [0, 0.05) is 5.56 Å². The van der Waals surface area contributed by atoms with Crippen molar-refractivity contribution in [3.8, 4) is 11.1 Å². The van der Waals surface area contributed by atoms with Gasteiger partial charge in [-0.05, 0) is 54.2 Å². The number of halogens is 2. The van der Waals surface area contributed by atoms with Crippen molar-refractivity contribution in [2.24, 2.45) is 11.8 Å². The van der Waals surface area contributed by atoms with Crippen LogP contribution in [0.2, 0.25) is 0 Å². The van der Waals surface area contributed by atoms with Crippen LogP contribution in [0.25, 0.3) is 11.1 Å². The van der Waals surface area contributed by atoms with Crippen LogP contribution in [-0.4, -0.2) is 0 Å². The highest BCUT2D eigenvalue weighted by atomic mass is 19.2. The fourth-order valence-electron chi connectivity index (χ4n) is 6.17. The van der Waals surface area contributed by atoms with E-state index in [9.17, 15) is 4.39 Å². The van der Waals surface area contributed by atoms with Gasteiger partial charge >= 0.3 is 0 Å². The third-order valence-corrected chi connectivity index (χ3v) is 8.75. The van der Waals surface area contributed by atoms with Crippen LogP contribution in [0.4, 0.5) is 8.78 Å². The summed E-state index contributed by atoms with van der Waals surface area (Å²) in [5.41, 5.74) is 2.97. The molecule has 2 heteroatoms. The van der Waals surface area contributed by atoms with Crippen LogP contribution in [0.15, 0.2) is 36.4 Å². The van der Waals surface area contributed by atoms with Gasteiger partial charge in [0.2, 0.25) is 0 Å². The van der Waals surface area contributed by atoms with E-state index in [-0.39, 0.29) is 0 Å². The van der Waals surface area contributed by atoms with Gasteiger partial charge in [-0.3, -0.25) is 0 Å². The van der Waals surface area contributed by atoms with Crippen molar-refractivity contribution in [3.63, 3.8) is 0 Å². The van der Waals surface area contributed by atoms with Gasteiger partial charge in [0.25, 0.3) is 0 Å². The molecule has 3 rings (SSSR count). The Labute approximate surface area is 226 Å². The van der Waals surface area contributed by atoms with Crippen molar-refractivity contribution in [2.75, 3.05) is 0 Å². The van der Waals surface area contributed by atoms with Crippen molar-refractivity contribution < 1.29 is 8.78 Å². The van der Waals surface area contributed by atoms with Gasteiger partial charge in [-0.25, -0.2) is 8.78 Å². The molecule has 0 heterocycles. The van der Waals surface area contributed by atoms with Gasteiger partial charge in [0.1, 0.15) is 0 Å². The Balaban J connectivity index is 1.42. The monoisotopic (exact) mass is 510 g/mol. The van der Waals surface area contributed by atoms with Crippen LogP contribution in [0.3, 0.4) is 0 Å². The maximum absolute atomic E-state index is 15.0. The smallest absolute Gasteiger partial charge is 0.166 e. The molecular formula is C35H52F2.